The average Bonchev–Trinajstić information content (AvgIpc) is 2.71. The molecular weight excluding hydrogens is 310 g/mol. The standard InChI is InChI=1S/C14H15NO4S2/c1-9-7-13(10(2)20-9)21(18,19)15-12-5-3-11(4-6-12)8-14(16)17/h3-7,15H,8H2,1-2H3,(H,16,17). The number of benzene rings is 1. The minimum atomic E-state index is -3.61. The van der Waals surface area contributed by atoms with Crippen LogP contribution in [0.15, 0.2) is 35.2 Å². The van der Waals surface area contributed by atoms with Crippen LogP contribution in [0.5, 0.6) is 0 Å². The molecule has 1 heterocycles. The summed E-state index contributed by atoms with van der Waals surface area (Å²) in [6.07, 6.45) is -0.0874. The Morgan fingerprint density at radius 2 is 1.86 bits per heavy atom. The van der Waals surface area contributed by atoms with Crippen LogP contribution in [0.25, 0.3) is 0 Å². The van der Waals surface area contributed by atoms with Crippen LogP contribution in [0.3, 0.4) is 0 Å². The largest absolute Gasteiger partial charge is 0.481 e. The number of anilines is 1. The van der Waals surface area contributed by atoms with Gasteiger partial charge in [0, 0.05) is 15.4 Å². The third-order valence-corrected chi connectivity index (χ3v) is 5.45. The van der Waals surface area contributed by atoms with Crippen molar-refractivity contribution in [3.63, 3.8) is 0 Å². The van der Waals surface area contributed by atoms with Crippen molar-refractivity contribution in [2.24, 2.45) is 0 Å². The summed E-state index contributed by atoms with van der Waals surface area (Å²) in [6, 6.07) is 7.95. The first-order valence-corrected chi connectivity index (χ1v) is 8.48. The monoisotopic (exact) mass is 325 g/mol. The Bertz CT molecular complexity index is 761. The van der Waals surface area contributed by atoms with Crippen LogP contribution in [-0.2, 0) is 21.2 Å². The molecule has 21 heavy (non-hydrogen) atoms. The number of hydrogen-bond donors (Lipinski definition) is 2. The van der Waals surface area contributed by atoms with E-state index in [4.69, 9.17) is 5.11 Å². The van der Waals surface area contributed by atoms with Gasteiger partial charge in [-0.2, -0.15) is 0 Å². The summed E-state index contributed by atoms with van der Waals surface area (Å²) in [4.78, 5) is 12.5. The number of hydrogen-bond acceptors (Lipinski definition) is 4. The summed E-state index contributed by atoms with van der Waals surface area (Å²) in [5, 5.41) is 8.69. The maximum atomic E-state index is 12.3. The van der Waals surface area contributed by atoms with Gasteiger partial charge in [-0.3, -0.25) is 9.52 Å². The van der Waals surface area contributed by atoms with Crippen molar-refractivity contribution >= 4 is 33.0 Å². The molecule has 2 aromatic rings. The first kappa shape index (κ1) is 15.5. The van der Waals surface area contributed by atoms with Gasteiger partial charge in [0.05, 0.1) is 6.42 Å². The van der Waals surface area contributed by atoms with Gasteiger partial charge >= 0.3 is 5.97 Å². The number of carbonyl (C=O) groups is 1. The molecular formula is C14H15NO4S2. The maximum absolute atomic E-state index is 12.3. The molecule has 1 aromatic carbocycles. The van der Waals surface area contributed by atoms with Crippen molar-refractivity contribution in [2.45, 2.75) is 25.2 Å². The highest BCUT2D eigenvalue weighted by atomic mass is 32.2. The van der Waals surface area contributed by atoms with Crippen LogP contribution in [0, 0.1) is 13.8 Å². The van der Waals surface area contributed by atoms with Gasteiger partial charge < -0.3 is 5.11 Å². The molecule has 0 saturated carbocycles. The van der Waals surface area contributed by atoms with E-state index in [0.717, 1.165) is 9.75 Å². The fraction of sp³-hybridized carbons (Fsp3) is 0.214. The second kappa shape index (κ2) is 5.87. The number of thiophene rings is 1. The molecule has 7 heteroatoms. The molecule has 0 amide bonds. The molecule has 0 aliphatic rings. The molecule has 0 atom stereocenters. The maximum Gasteiger partial charge on any atom is 0.307 e. The Balaban J connectivity index is 2.21. The summed E-state index contributed by atoms with van der Waals surface area (Å²) < 4.78 is 27.1. The Hall–Kier alpha value is -1.86. The van der Waals surface area contributed by atoms with E-state index in [2.05, 4.69) is 4.72 Å². The zero-order chi connectivity index (χ0) is 15.6. The van der Waals surface area contributed by atoms with E-state index in [1.807, 2.05) is 6.92 Å². The molecule has 0 aliphatic carbocycles. The minimum Gasteiger partial charge on any atom is -0.481 e. The topological polar surface area (TPSA) is 83.5 Å². The van der Waals surface area contributed by atoms with E-state index in [-0.39, 0.29) is 11.3 Å². The van der Waals surface area contributed by atoms with Crippen LogP contribution in [0.4, 0.5) is 5.69 Å². The second-order valence-corrected chi connectivity index (χ2v) is 7.76. The molecule has 2 rings (SSSR count). The summed E-state index contributed by atoms with van der Waals surface area (Å²) in [5.41, 5.74) is 1.03. The fourth-order valence-corrected chi connectivity index (χ4v) is 4.56. The first-order valence-electron chi connectivity index (χ1n) is 6.18. The van der Waals surface area contributed by atoms with Crippen LogP contribution in [-0.4, -0.2) is 19.5 Å². The van der Waals surface area contributed by atoms with Gasteiger partial charge in [0.15, 0.2) is 0 Å². The summed E-state index contributed by atoms with van der Waals surface area (Å²) in [5.74, 6) is -0.923. The molecule has 0 saturated heterocycles. The zero-order valence-corrected chi connectivity index (χ0v) is 13.2. The smallest absolute Gasteiger partial charge is 0.307 e. The Morgan fingerprint density at radius 3 is 2.33 bits per heavy atom. The van der Waals surface area contributed by atoms with Gasteiger partial charge in [0.25, 0.3) is 10.0 Å². The summed E-state index contributed by atoms with van der Waals surface area (Å²) in [6.45, 7) is 3.62. The molecule has 0 fully saturated rings. The lowest BCUT2D eigenvalue weighted by Gasteiger charge is -2.08. The highest BCUT2D eigenvalue weighted by molar-refractivity contribution is 7.93. The zero-order valence-electron chi connectivity index (χ0n) is 11.6. The Labute approximate surface area is 127 Å². The molecule has 0 radical (unpaired) electrons. The third-order valence-electron chi connectivity index (χ3n) is 2.85. The SMILES string of the molecule is Cc1cc(S(=O)(=O)Nc2ccc(CC(=O)O)cc2)c(C)s1. The number of aryl methyl sites for hydroxylation is 2. The summed E-state index contributed by atoms with van der Waals surface area (Å²) in [7, 11) is -3.61. The number of carboxylic acids is 1. The van der Waals surface area contributed by atoms with Crippen molar-refractivity contribution in [1.29, 1.82) is 0 Å². The number of rotatable bonds is 5. The predicted octanol–water partition coefficient (Wildman–Crippen LogP) is 2.79. The molecule has 0 spiro atoms. The number of nitrogens with one attached hydrogen (secondary N) is 1. The molecule has 112 valence electrons. The quantitative estimate of drug-likeness (QED) is 0.885. The third kappa shape index (κ3) is 3.83. The van der Waals surface area contributed by atoms with E-state index in [1.54, 1.807) is 37.3 Å². The number of carboxylic acid groups (broad SMARTS) is 1. The first-order chi connectivity index (χ1) is 9.78. The van der Waals surface area contributed by atoms with Crippen molar-refractivity contribution in [1.82, 2.24) is 0 Å². The second-order valence-electron chi connectivity index (χ2n) is 4.65. The van der Waals surface area contributed by atoms with Gasteiger partial charge in [-0.05, 0) is 37.6 Å². The van der Waals surface area contributed by atoms with E-state index in [1.165, 1.54) is 11.3 Å². The van der Waals surface area contributed by atoms with Gasteiger partial charge in [-0.1, -0.05) is 12.1 Å². The normalized spacial score (nSPS) is 11.3. The van der Waals surface area contributed by atoms with Crippen molar-refractivity contribution in [3.8, 4) is 0 Å². The van der Waals surface area contributed by atoms with Crippen molar-refractivity contribution in [2.75, 3.05) is 4.72 Å². The van der Waals surface area contributed by atoms with Crippen LogP contribution in [0.2, 0.25) is 0 Å². The molecule has 0 unspecified atom stereocenters. The lowest BCUT2D eigenvalue weighted by molar-refractivity contribution is -0.136. The highest BCUT2D eigenvalue weighted by Crippen LogP contribution is 2.26. The molecule has 1 aromatic heterocycles. The average molecular weight is 325 g/mol. The summed E-state index contributed by atoms with van der Waals surface area (Å²) >= 11 is 1.43. The lowest BCUT2D eigenvalue weighted by Crippen LogP contribution is -2.13. The van der Waals surface area contributed by atoms with E-state index in [0.29, 0.717) is 11.3 Å². The lowest BCUT2D eigenvalue weighted by atomic mass is 10.1. The highest BCUT2D eigenvalue weighted by Gasteiger charge is 2.19. The van der Waals surface area contributed by atoms with Crippen LogP contribution >= 0.6 is 11.3 Å². The van der Waals surface area contributed by atoms with Crippen LogP contribution < -0.4 is 4.72 Å². The van der Waals surface area contributed by atoms with Gasteiger partial charge in [0.2, 0.25) is 0 Å². The molecule has 2 N–H and O–H groups in total. The van der Waals surface area contributed by atoms with E-state index in [9.17, 15) is 13.2 Å². The fourth-order valence-electron chi connectivity index (χ4n) is 1.95. The minimum absolute atomic E-state index is 0.0874. The Kier molecular flexibility index (Phi) is 4.34. The number of sulfonamides is 1. The van der Waals surface area contributed by atoms with Gasteiger partial charge in [0.1, 0.15) is 4.90 Å². The van der Waals surface area contributed by atoms with Crippen LogP contribution in [0.1, 0.15) is 15.3 Å². The molecule has 5 nitrogen and oxygen atoms in total. The van der Waals surface area contributed by atoms with Gasteiger partial charge in [-0.25, -0.2) is 8.42 Å². The number of aliphatic carboxylic acids is 1. The van der Waals surface area contributed by atoms with Crippen molar-refractivity contribution < 1.29 is 18.3 Å². The van der Waals surface area contributed by atoms with E-state index >= 15 is 0 Å². The molecule has 0 aliphatic heterocycles. The molecule has 0 bridgehead atoms. The van der Waals surface area contributed by atoms with E-state index < -0.39 is 16.0 Å². The van der Waals surface area contributed by atoms with Crippen molar-refractivity contribution in [3.05, 3.63) is 45.6 Å². The Morgan fingerprint density at radius 1 is 1.24 bits per heavy atom. The van der Waals surface area contributed by atoms with Gasteiger partial charge in [-0.15, -0.1) is 11.3 Å². The predicted molar refractivity (Wildman–Crippen MR) is 82.4 cm³/mol.